The number of hydrogen-bond donors (Lipinski definition) is 1. The van der Waals surface area contributed by atoms with Crippen LogP contribution in [0, 0.1) is 24.0 Å². The summed E-state index contributed by atoms with van der Waals surface area (Å²) in [6, 6.07) is 5.67. The molecule has 2 rings (SSSR count). The number of nitro groups is 1. The van der Waals surface area contributed by atoms with Gasteiger partial charge in [0.1, 0.15) is 6.61 Å². The molecule has 0 atom stereocenters. The minimum Gasteiger partial charge on any atom is -0.434 e. The van der Waals surface area contributed by atoms with Gasteiger partial charge in [-0.3, -0.25) is 15.1 Å². The molecule has 0 amide bonds. The second kappa shape index (κ2) is 10.2. The Kier molecular flexibility index (Phi) is 7.64. The Balaban J connectivity index is 2.74. The average molecular weight is 420 g/mol. The first-order valence-electron chi connectivity index (χ1n) is 8.85. The van der Waals surface area contributed by atoms with Crippen LogP contribution in [-0.2, 0) is 9.47 Å². The number of hydrogen-bond acceptors (Lipinski definition) is 10. The molecule has 1 aromatic carbocycles. The number of carbonyl (C=O) groups is 2. The number of aliphatic hydroxyl groups is 1. The minimum atomic E-state index is -1.17. The van der Waals surface area contributed by atoms with Crippen LogP contribution in [0.2, 0.25) is 0 Å². The lowest BCUT2D eigenvalue weighted by Gasteiger charge is -2.18. The average Bonchev–Trinajstić information content (AvgIpc) is 2.70. The third-order valence-corrected chi connectivity index (χ3v) is 3.76. The van der Waals surface area contributed by atoms with E-state index in [1.54, 1.807) is 6.92 Å². The van der Waals surface area contributed by atoms with Crippen molar-refractivity contribution in [2.24, 2.45) is 0 Å². The maximum absolute atomic E-state index is 12.0. The Morgan fingerprint density at radius 1 is 1.07 bits per heavy atom. The zero-order valence-electron chi connectivity index (χ0n) is 16.5. The standard InChI is InChI=1S/C19H20N2O9/c1-4-27-18(23)29-16-11(2)20-12(3)17(30-19(24)28-10-9-22)15(16)13-7-5-6-8-14(13)21(25)26/h5-8,22H,4,9-10H2,1-3H3. The SMILES string of the molecule is CCOC(=O)Oc1c(C)nc(C)c(OC(=O)OCCO)c1-c1ccccc1[N+](=O)[O-]. The maximum Gasteiger partial charge on any atom is 0.514 e. The van der Waals surface area contributed by atoms with Crippen LogP contribution in [-0.4, -0.2) is 47.1 Å². The molecule has 0 saturated carbocycles. The van der Waals surface area contributed by atoms with Gasteiger partial charge in [0.25, 0.3) is 5.69 Å². The molecule has 0 unspecified atom stereocenters. The van der Waals surface area contributed by atoms with Gasteiger partial charge in [0, 0.05) is 6.07 Å². The highest BCUT2D eigenvalue weighted by atomic mass is 16.7. The largest absolute Gasteiger partial charge is 0.514 e. The summed E-state index contributed by atoms with van der Waals surface area (Å²) in [4.78, 5) is 39.1. The fraction of sp³-hybridized carbons (Fsp3) is 0.316. The Hall–Kier alpha value is -3.73. The summed E-state index contributed by atoms with van der Waals surface area (Å²) in [6.45, 7) is 3.91. The lowest BCUT2D eigenvalue weighted by molar-refractivity contribution is -0.384. The second-order valence-electron chi connectivity index (χ2n) is 5.80. The fourth-order valence-corrected chi connectivity index (χ4v) is 2.63. The number of para-hydroxylation sites is 1. The van der Waals surface area contributed by atoms with Gasteiger partial charge in [-0.05, 0) is 26.8 Å². The van der Waals surface area contributed by atoms with E-state index in [0.717, 1.165) is 0 Å². The van der Waals surface area contributed by atoms with Crippen molar-refractivity contribution in [2.75, 3.05) is 19.8 Å². The van der Waals surface area contributed by atoms with Gasteiger partial charge < -0.3 is 24.1 Å². The summed E-state index contributed by atoms with van der Waals surface area (Å²) in [5.41, 5.74) is 0.0778. The van der Waals surface area contributed by atoms with Crippen molar-refractivity contribution in [3.05, 3.63) is 45.8 Å². The topological polar surface area (TPSA) is 147 Å². The Bertz CT molecular complexity index is 959. The van der Waals surface area contributed by atoms with Crippen molar-refractivity contribution >= 4 is 18.0 Å². The van der Waals surface area contributed by atoms with Gasteiger partial charge in [0.2, 0.25) is 0 Å². The molecule has 0 bridgehead atoms. The van der Waals surface area contributed by atoms with Crippen molar-refractivity contribution in [3.8, 4) is 22.6 Å². The van der Waals surface area contributed by atoms with Crippen molar-refractivity contribution in [1.29, 1.82) is 0 Å². The van der Waals surface area contributed by atoms with E-state index in [4.69, 9.17) is 24.1 Å². The second-order valence-corrected chi connectivity index (χ2v) is 5.80. The predicted molar refractivity (Wildman–Crippen MR) is 103 cm³/mol. The van der Waals surface area contributed by atoms with Crippen molar-refractivity contribution in [3.63, 3.8) is 0 Å². The zero-order chi connectivity index (χ0) is 22.3. The third-order valence-electron chi connectivity index (χ3n) is 3.76. The number of pyridine rings is 1. The van der Waals surface area contributed by atoms with Crippen LogP contribution >= 0.6 is 0 Å². The molecule has 1 N–H and O–H groups in total. The normalized spacial score (nSPS) is 10.3. The van der Waals surface area contributed by atoms with Crippen LogP contribution < -0.4 is 9.47 Å². The highest BCUT2D eigenvalue weighted by Gasteiger charge is 2.29. The van der Waals surface area contributed by atoms with Crippen LogP contribution in [0.1, 0.15) is 18.3 Å². The lowest BCUT2D eigenvalue weighted by Crippen LogP contribution is -2.17. The Morgan fingerprint density at radius 2 is 1.63 bits per heavy atom. The van der Waals surface area contributed by atoms with E-state index in [1.807, 2.05) is 0 Å². The maximum atomic E-state index is 12.0. The highest BCUT2D eigenvalue weighted by Crippen LogP contribution is 2.45. The Labute approximate surface area is 171 Å². The quantitative estimate of drug-likeness (QED) is 0.402. The summed E-state index contributed by atoms with van der Waals surface area (Å²) >= 11 is 0. The molecule has 0 spiro atoms. The van der Waals surface area contributed by atoms with E-state index >= 15 is 0 Å². The molecule has 160 valence electrons. The molecule has 30 heavy (non-hydrogen) atoms. The van der Waals surface area contributed by atoms with Gasteiger partial charge in [-0.25, -0.2) is 9.59 Å². The van der Waals surface area contributed by atoms with Gasteiger partial charge in [0.05, 0.1) is 40.7 Å². The van der Waals surface area contributed by atoms with E-state index in [2.05, 4.69) is 4.98 Å². The number of aromatic nitrogens is 1. The first-order valence-corrected chi connectivity index (χ1v) is 8.85. The van der Waals surface area contributed by atoms with Gasteiger partial charge >= 0.3 is 12.3 Å². The molecule has 0 aliphatic carbocycles. The lowest BCUT2D eigenvalue weighted by atomic mass is 10.00. The number of benzene rings is 1. The molecule has 0 radical (unpaired) electrons. The van der Waals surface area contributed by atoms with E-state index in [-0.39, 0.29) is 52.9 Å². The molecule has 2 aromatic rings. The van der Waals surface area contributed by atoms with Crippen molar-refractivity contribution < 1.29 is 38.6 Å². The summed E-state index contributed by atoms with van der Waals surface area (Å²) in [6.07, 6.45) is -2.22. The molecule has 0 fully saturated rings. The zero-order valence-corrected chi connectivity index (χ0v) is 16.5. The van der Waals surface area contributed by atoms with Crippen LogP contribution in [0.4, 0.5) is 15.3 Å². The monoisotopic (exact) mass is 420 g/mol. The molecular formula is C19H20N2O9. The molecule has 0 aliphatic rings. The first kappa shape index (κ1) is 22.6. The van der Waals surface area contributed by atoms with Crippen molar-refractivity contribution in [2.45, 2.75) is 20.8 Å². The first-order chi connectivity index (χ1) is 14.3. The van der Waals surface area contributed by atoms with Crippen molar-refractivity contribution in [1.82, 2.24) is 4.98 Å². The van der Waals surface area contributed by atoms with Crippen LogP contribution in [0.25, 0.3) is 11.1 Å². The van der Waals surface area contributed by atoms with Crippen LogP contribution in [0.5, 0.6) is 11.5 Å². The molecular weight excluding hydrogens is 400 g/mol. The smallest absolute Gasteiger partial charge is 0.434 e. The van der Waals surface area contributed by atoms with E-state index in [9.17, 15) is 19.7 Å². The number of rotatable bonds is 7. The predicted octanol–water partition coefficient (Wildman–Crippen LogP) is 3.32. The third kappa shape index (κ3) is 5.20. The van der Waals surface area contributed by atoms with Crippen LogP contribution in [0.15, 0.2) is 24.3 Å². The summed E-state index contributed by atoms with van der Waals surface area (Å²) in [5, 5.41) is 20.4. The molecule has 0 saturated heterocycles. The molecule has 1 aromatic heterocycles. The number of nitro benzene ring substituents is 1. The number of ether oxygens (including phenoxy) is 4. The number of aliphatic hydroxyl groups excluding tert-OH is 1. The van der Waals surface area contributed by atoms with Gasteiger partial charge in [-0.15, -0.1) is 0 Å². The van der Waals surface area contributed by atoms with E-state index < -0.39 is 23.8 Å². The summed E-state index contributed by atoms with van der Waals surface area (Å²) in [5.74, 6) is -0.365. The van der Waals surface area contributed by atoms with Gasteiger partial charge in [-0.1, -0.05) is 12.1 Å². The molecule has 11 heteroatoms. The molecule has 0 aliphatic heterocycles. The number of aryl methyl sites for hydroxylation is 2. The van der Waals surface area contributed by atoms with E-state index in [1.165, 1.54) is 38.1 Å². The highest BCUT2D eigenvalue weighted by molar-refractivity contribution is 5.87. The number of nitrogens with zero attached hydrogens (tertiary/aromatic N) is 2. The summed E-state index contributed by atoms with van der Waals surface area (Å²) < 4.78 is 20.0. The minimum absolute atomic E-state index is 0.0281. The van der Waals surface area contributed by atoms with E-state index in [0.29, 0.717) is 0 Å². The molecule has 1 heterocycles. The fourth-order valence-electron chi connectivity index (χ4n) is 2.63. The van der Waals surface area contributed by atoms with Gasteiger partial charge in [-0.2, -0.15) is 0 Å². The molecule has 11 nitrogen and oxygen atoms in total. The van der Waals surface area contributed by atoms with Crippen LogP contribution in [0.3, 0.4) is 0 Å². The summed E-state index contributed by atoms with van der Waals surface area (Å²) in [7, 11) is 0. The Morgan fingerprint density at radius 3 is 2.17 bits per heavy atom. The number of carbonyl (C=O) groups excluding carboxylic acids is 2. The van der Waals surface area contributed by atoms with Gasteiger partial charge in [0.15, 0.2) is 11.5 Å².